The molecule has 2 saturated carbocycles. The Bertz CT molecular complexity index is 590. The van der Waals surface area contributed by atoms with Gasteiger partial charge in [-0.25, -0.2) is 13.1 Å². The zero-order chi connectivity index (χ0) is 14.2. The number of hydrogen-bond donors (Lipinski definition) is 2. The van der Waals surface area contributed by atoms with E-state index in [-0.39, 0.29) is 5.41 Å². The Morgan fingerprint density at radius 3 is 2.65 bits per heavy atom. The Labute approximate surface area is 121 Å². The molecule has 4 nitrogen and oxygen atoms in total. The summed E-state index contributed by atoms with van der Waals surface area (Å²) in [4.78, 5) is 0.372. The molecule has 0 unspecified atom stereocenters. The molecule has 2 aliphatic rings. The van der Waals surface area contributed by atoms with Crippen LogP contribution in [0.15, 0.2) is 29.2 Å². The maximum atomic E-state index is 12.4. The molecule has 1 aromatic carbocycles. The predicted octanol–water partition coefficient (Wildman–Crippen LogP) is 1.87. The molecule has 2 aliphatic carbocycles. The van der Waals surface area contributed by atoms with Crippen molar-refractivity contribution in [1.29, 1.82) is 0 Å². The summed E-state index contributed by atoms with van der Waals surface area (Å²) in [6.45, 7) is 1.28. The number of hydrogen-bond acceptors (Lipinski definition) is 3. The summed E-state index contributed by atoms with van der Waals surface area (Å²) in [6.07, 6.45) is 4.92. The van der Waals surface area contributed by atoms with Gasteiger partial charge in [0.1, 0.15) is 0 Å². The van der Waals surface area contributed by atoms with Crippen LogP contribution in [0.2, 0.25) is 0 Å². The Balaban J connectivity index is 1.69. The van der Waals surface area contributed by atoms with Crippen molar-refractivity contribution in [2.75, 3.05) is 13.6 Å². The molecule has 0 heterocycles. The van der Waals surface area contributed by atoms with Crippen LogP contribution >= 0.6 is 0 Å². The summed E-state index contributed by atoms with van der Waals surface area (Å²) in [7, 11) is -1.52. The maximum absolute atomic E-state index is 12.4. The monoisotopic (exact) mass is 294 g/mol. The van der Waals surface area contributed by atoms with Gasteiger partial charge in [-0.2, -0.15) is 0 Å². The van der Waals surface area contributed by atoms with E-state index >= 15 is 0 Å². The van der Waals surface area contributed by atoms with Crippen molar-refractivity contribution < 1.29 is 8.42 Å². The molecule has 20 heavy (non-hydrogen) atoms. The Kier molecular flexibility index (Phi) is 3.60. The van der Waals surface area contributed by atoms with Crippen molar-refractivity contribution in [1.82, 2.24) is 10.0 Å². The predicted molar refractivity (Wildman–Crippen MR) is 78.8 cm³/mol. The van der Waals surface area contributed by atoms with Gasteiger partial charge < -0.3 is 5.32 Å². The lowest BCUT2D eigenvalue weighted by Gasteiger charge is -2.15. The average Bonchev–Trinajstić information content (AvgIpc) is 3.28. The lowest BCUT2D eigenvalue weighted by atomic mass is 10.0. The number of nitrogens with one attached hydrogen (secondary N) is 2. The largest absolute Gasteiger partial charge is 0.316 e. The van der Waals surface area contributed by atoms with E-state index in [0.717, 1.165) is 11.5 Å². The smallest absolute Gasteiger partial charge is 0.240 e. The molecule has 0 saturated heterocycles. The molecular weight excluding hydrogens is 272 g/mol. The molecule has 110 valence electrons. The highest BCUT2D eigenvalue weighted by molar-refractivity contribution is 7.89. The molecule has 0 radical (unpaired) electrons. The number of rotatable bonds is 7. The van der Waals surface area contributed by atoms with Gasteiger partial charge in [-0.3, -0.25) is 0 Å². The van der Waals surface area contributed by atoms with E-state index in [2.05, 4.69) is 10.0 Å². The first-order valence-corrected chi connectivity index (χ1v) is 8.77. The highest BCUT2D eigenvalue weighted by atomic mass is 32.2. The summed E-state index contributed by atoms with van der Waals surface area (Å²) < 4.78 is 27.6. The summed E-state index contributed by atoms with van der Waals surface area (Å²) in [5.74, 6) is 0.765. The van der Waals surface area contributed by atoms with Crippen molar-refractivity contribution in [2.24, 2.45) is 11.3 Å². The van der Waals surface area contributed by atoms with Crippen molar-refractivity contribution >= 4 is 10.0 Å². The third-order valence-electron chi connectivity index (χ3n) is 4.54. The van der Waals surface area contributed by atoms with Crippen molar-refractivity contribution in [3.05, 3.63) is 29.8 Å². The van der Waals surface area contributed by atoms with Crippen LogP contribution in [-0.4, -0.2) is 22.0 Å². The fourth-order valence-electron chi connectivity index (χ4n) is 2.93. The lowest BCUT2D eigenvalue weighted by Crippen LogP contribution is -2.31. The quantitative estimate of drug-likeness (QED) is 0.807. The summed E-state index contributed by atoms with van der Waals surface area (Å²) in [5.41, 5.74) is 1.27. The van der Waals surface area contributed by atoms with Gasteiger partial charge >= 0.3 is 0 Å². The standard InChI is InChI=1S/C15H22N2O2S/c1-16-10-12-3-2-4-14(9-12)20(18,19)17-11-15(7-8-15)13-5-6-13/h2-4,9,13,16-17H,5-8,10-11H2,1H3. The number of benzene rings is 1. The third-order valence-corrected chi connectivity index (χ3v) is 5.94. The molecule has 0 bridgehead atoms. The summed E-state index contributed by atoms with van der Waals surface area (Å²) >= 11 is 0. The van der Waals surface area contributed by atoms with E-state index in [9.17, 15) is 8.42 Å². The molecule has 2 N–H and O–H groups in total. The van der Waals surface area contributed by atoms with E-state index in [1.165, 1.54) is 25.7 Å². The van der Waals surface area contributed by atoms with Gasteiger partial charge in [-0.15, -0.1) is 0 Å². The maximum Gasteiger partial charge on any atom is 0.240 e. The molecule has 3 rings (SSSR count). The molecular formula is C15H22N2O2S. The molecule has 0 aliphatic heterocycles. The van der Waals surface area contributed by atoms with E-state index in [0.29, 0.717) is 18.0 Å². The minimum Gasteiger partial charge on any atom is -0.316 e. The summed E-state index contributed by atoms with van der Waals surface area (Å²) in [6, 6.07) is 7.14. The van der Waals surface area contributed by atoms with E-state index in [1.807, 2.05) is 13.1 Å². The molecule has 0 amide bonds. The second-order valence-electron chi connectivity index (χ2n) is 6.14. The zero-order valence-corrected chi connectivity index (χ0v) is 12.7. The van der Waals surface area contributed by atoms with E-state index in [4.69, 9.17) is 0 Å². The van der Waals surface area contributed by atoms with Gasteiger partial charge in [0.15, 0.2) is 0 Å². The van der Waals surface area contributed by atoms with E-state index in [1.54, 1.807) is 18.2 Å². The van der Waals surface area contributed by atoms with Crippen LogP contribution in [0.5, 0.6) is 0 Å². The van der Waals surface area contributed by atoms with Crippen LogP contribution in [0.1, 0.15) is 31.2 Å². The molecule has 0 aromatic heterocycles. The summed E-state index contributed by atoms with van der Waals surface area (Å²) in [5, 5.41) is 3.04. The van der Waals surface area contributed by atoms with Gasteiger partial charge in [0.2, 0.25) is 10.0 Å². The number of sulfonamides is 1. The van der Waals surface area contributed by atoms with Crippen molar-refractivity contribution in [3.8, 4) is 0 Å². The van der Waals surface area contributed by atoms with Gasteiger partial charge in [0, 0.05) is 13.1 Å². The van der Waals surface area contributed by atoms with Crippen LogP contribution in [-0.2, 0) is 16.6 Å². The fourth-order valence-corrected chi connectivity index (χ4v) is 4.14. The first-order chi connectivity index (χ1) is 9.56. The van der Waals surface area contributed by atoms with Crippen LogP contribution in [0.3, 0.4) is 0 Å². The van der Waals surface area contributed by atoms with Gasteiger partial charge in [-0.1, -0.05) is 12.1 Å². The van der Waals surface area contributed by atoms with Crippen LogP contribution in [0.4, 0.5) is 0 Å². The van der Waals surface area contributed by atoms with Gasteiger partial charge in [0.25, 0.3) is 0 Å². The first kappa shape index (κ1) is 14.0. The van der Waals surface area contributed by atoms with E-state index < -0.39 is 10.0 Å². The van der Waals surface area contributed by atoms with Crippen LogP contribution in [0, 0.1) is 11.3 Å². The van der Waals surface area contributed by atoms with Crippen LogP contribution in [0.25, 0.3) is 0 Å². The molecule has 0 atom stereocenters. The SMILES string of the molecule is CNCc1cccc(S(=O)(=O)NCC2(C3CC3)CC2)c1. The Morgan fingerprint density at radius 2 is 2.05 bits per heavy atom. The minimum atomic E-state index is -3.38. The molecule has 1 aromatic rings. The van der Waals surface area contributed by atoms with Gasteiger partial charge in [-0.05, 0) is 61.8 Å². The van der Waals surface area contributed by atoms with Crippen molar-refractivity contribution in [3.63, 3.8) is 0 Å². The lowest BCUT2D eigenvalue weighted by molar-refractivity contribution is 0.432. The first-order valence-electron chi connectivity index (χ1n) is 7.29. The molecule has 2 fully saturated rings. The zero-order valence-electron chi connectivity index (χ0n) is 11.9. The fraction of sp³-hybridized carbons (Fsp3) is 0.600. The van der Waals surface area contributed by atoms with Crippen molar-refractivity contribution in [2.45, 2.75) is 37.1 Å². The van der Waals surface area contributed by atoms with Gasteiger partial charge in [0.05, 0.1) is 4.90 Å². The topological polar surface area (TPSA) is 58.2 Å². The van der Waals surface area contributed by atoms with Crippen LogP contribution < -0.4 is 10.0 Å². The molecule has 0 spiro atoms. The molecule has 5 heteroatoms. The Morgan fingerprint density at radius 1 is 1.30 bits per heavy atom. The minimum absolute atomic E-state index is 0.287. The third kappa shape index (κ3) is 2.90. The normalized spacial score (nSPS) is 20.9. The Hall–Kier alpha value is -0.910. The highest BCUT2D eigenvalue weighted by Gasteiger charge is 2.53. The highest BCUT2D eigenvalue weighted by Crippen LogP contribution is 2.60. The second-order valence-corrected chi connectivity index (χ2v) is 7.91. The second kappa shape index (κ2) is 5.13. The average molecular weight is 294 g/mol.